The van der Waals surface area contributed by atoms with E-state index in [1.54, 1.807) is 18.3 Å². The second-order valence-corrected chi connectivity index (χ2v) is 4.56. The normalized spacial score (nSPS) is 9.67. The summed E-state index contributed by atoms with van der Waals surface area (Å²) in [5, 5.41) is 11.6. The van der Waals surface area contributed by atoms with Crippen molar-refractivity contribution in [1.82, 2.24) is 4.98 Å². The number of hydrogen-bond donors (Lipinski definition) is 2. The first-order chi connectivity index (χ1) is 10.1. The molecule has 0 radical (unpaired) electrons. The molecule has 2 aromatic rings. The molecule has 2 rings (SSSR count). The molecule has 1 heterocycles. The van der Waals surface area contributed by atoms with E-state index in [-0.39, 0.29) is 12.5 Å². The van der Waals surface area contributed by atoms with Gasteiger partial charge in [0.2, 0.25) is 0 Å². The molecule has 1 aromatic carbocycles. The smallest absolute Gasteiger partial charge is 0.257 e. The van der Waals surface area contributed by atoms with Crippen LogP contribution in [0.15, 0.2) is 36.5 Å². The number of nitrogens with one attached hydrogen (secondary N) is 1. The van der Waals surface area contributed by atoms with Crippen molar-refractivity contribution < 1.29 is 9.90 Å². The zero-order valence-electron chi connectivity index (χ0n) is 12.0. The van der Waals surface area contributed by atoms with Crippen LogP contribution in [0.3, 0.4) is 0 Å². The van der Waals surface area contributed by atoms with E-state index in [4.69, 9.17) is 5.11 Å². The third-order valence-electron chi connectivity index (χ3n) is 3.12. The summed E-state index contributed by atoms with van der Waals surface area (Å²) in [4.78, 5) is 16.5. The maximum Gasteiger partial charge on any atom is 0.257 e. The molecule has 0 atom stereocenters. The molecule has 1 aromatic heterocycles. The van der Waals surface area contributed by atoms with Crippen molar-refractivity contribution in [3.05, 3.63) is 58.8 Å². The standard InChI is InChI=1S/C17H16N2O2/c1-12-6-4-10-18-16(12)19-17(21)15-9-3-7-14(13(15)2)8-5-11-20/h3-4,6-7,9-10,20H,11H2,1-2H3,(H,18,19,21). The number of anilines is 1. The minimum atomic E-state index is -0.220. The lowest BCUT2D eigenvalue weighted by Crippen LogP contribution is -2.15. The summed E-state index contributed by atoms with van der Waals surface area (Å²) < 4.78 is 0. The van der Waals surface area contributed by atoms with Crippen molar-refractivity contribution in [2.45, 2.75) is 13.8 Å². The Kier molecular flexibility index (Phi) is 4.70. The minimum Gasteiger partial charge on any atom is -0.384 e. The molecule has 0 aliphatic rings. The SMILES string of the molecule is Cc1cccnc1NC(=O)c1cccc(C#CCO)c1C. The van der Waals surface area contributed by atoms with Crippen LogP contribution in [0.1, 0.15) is 27.0 Å². The number of rotatable bonds is 2. The van der Waals surface area contributed by atoms with Gasteiger partial charge in [-0.25, -0.2) is 4.98 Å². The number of aromatic nitrogens is 1. The van der Waals surface area contributed by atoms with Crippen molar-refractivity contribution in [3.8, 4) is 11.8 Å². The Balaban J connectivity index is 2.30. The molecule has 0 spiro atoms. The molecule has 0 fully saturated rings. The van der Waals surface area contributed by atoms with Gasteiger partial charge in [-0.3, -0.25) is 4.79 Å². The van der Waals surface area contributed by atoms with Gasteiger partial charge in [0.15, 0.2) is 0 Å². The lowest BCUT2D eigenvalue weighted by Gasteiger charge is -2.10. The van der Waals surface area contributed by atoms with Gasteiger partial charge in [-0.05, 0) is 43.2 Å². The number of hydrogen-bond acceptors (Lipinski definition) is 3. The summed E-state index contributed by atoms with van der Waals surface area (Å²) in [5.41, 5.74) is 2.96. The first-order valence-electron chi connectivity index (χ1n) is 6.56. The summed E-state index contributed by atoms with van der Waals surface area (Å²) in [5.74, 6) is 5.76. The van der Waals surface area contributed by atoms with Crippen molar-refractivity contribution in [2.24, 2.45) is 0 Å². The number of carbonyl (C=O) groups excluding carboxylic acids is 1. The second-order valence-electron chi connectivity index (χ2n) is 4.56. The fraction of sp³-hybridized carbons (Fsp3) is 0.176. The topological polar surface area (TPSA) is 62.2 Å². The number of nitrogens with zero attached hydrogens (tertiary/aromatic N) is 1. The highest BCUT2D eigenvalue weighted by molar-refractivity contribution is 6.05. The minimum absolute atomic E-state index is 0.205. The molecule has 2 N–H and O–H groups in total. The zero-order valence-corrected chi connectivity index (χ0v) is 12.0. The Morgan fingerprint density at radius 1 is 1.29 bits per heavy atom. The lowest BCUT2D eigenvalue weighted by atomic mass is 10.0. The number of aryl methyl sites for hydroxylation is 1. The third kappa shape index (κ3) is 3.47. The molecule has 0 saturated heterocycles. The van der Waals surface area contributed by atoms with Gasteiger partial charge < -0.3 is 10.4 Å². The zero-order chi connectivity index (χ0) is 15.2. The monoisotopic (exact) mass is 280 g/mol. The fourth-order valence-electron chi connectivity index (χ4n) is 1.94. The molecule has 0 saturated carbocycles. The number of amides is 1. The van der Waals surface area contributed by atoms with E-state index >= 15 is 0 Å². The molecule has 0 aliphatic heterocycles. The van der Waals surface area contributed by atoms with Crippen LogP contribution in [0.4, 0.5) is 5.82 Å². The van der Waals surface area contributed by atoms with E-state index in [1.165, 1.54) is 0 Å². The Labute approximate surface area is 123 Å². The molecule has 1 amide bonds. The van der Waals surface area contributed by atoms with Gasteiger partial charge in [0.25, 0.3) is 5.91 Å². The van der Waals surface area contributed by atoms with Gasteiger partial charge >= 0.3 is 0 Å². The van der Waals surface area contributed by atoms with Crippen molar-refractivity contribution >= 4 is 11.7 Å². The Morgan fingerprint density at radius 2 is 2.10 bits per heavy atom. The molecule has 106 valence electrons. The van der Waals surface area contributed by atoms with Crippen molar-refractivity contribution in [2.75, 3.05) is 11.9 Å². The predicted octanol–water partition coefficient (Wildman–Crippen LogP) is 2.29. The van der Waals surface area contributed by atoms with E-state index in [1.807, 2.05) is 32.0 Å². The summed E-state index contributed by atoms with van der Waals surface area (Å²) in [6.45, 7) is 3.52. The third-order valence-corrected chi connectivity index (χ3v) is 3.12. The highest BCUT2D eigenvalue weighted by Crippen LogP contribution is 2.16. The van der Waals surface area contributed by atoms with E-state index in [2.05, 4.69) is 22.1 Å². The fourth-order valence-corrected chi connectivity index (χ4v) is 1.94. The largest absolute Gasteiger partial charge is 0.384 e. The van der Waals surface area contributed by atoms with E-state index in [0.29, 0.717) is 11.4 Å². The molecule has 0 unspecified atom stereocenters. The quantitative estimate of drug-likeness (QED) is 0.830. The molecule has 4 nitrogen and oxygen atoms in total. The van der Waals surface area contributed by atoms with E-state index in [0.717, 1.165) is 16.7 Å². The number of aliphatic hydroxyl groups excluding tert-OH is 1. The number of aliphatic hydroxyl groups is 1. The molecule has 21 heavy (non-hydrogen) atoms. The second kappa shape index (κ2) is 6.69. The van der Waals surface area contributed by atoms with Crippen LogP contribution in [0.25, 0.3) is 0 Å². The van der Waals surface area contributed by atoms with E-state index in [9.17, 15) is 4.79 Å². The van der Waals surface area contributed by atoms with Crippen molar-refractivity contribution in [3.63, 3.8) is 0 Å². The van der Waals surface area contributed by atoms with Gasteiger partial charge in [-0.2, -0.15) is 0 Å². The number of carbonyl (C=O) groups is 1. The Hall–Kier alpha value is -2.64. The van der Waals surface area contributed by atoms with Crippen LogP contribution in [-0.4, -0.2) is 22.6 Å². The van der Waals surface area contributed by atoms with Gasteiger partial charge in [-0.15, -0.1) is 0 Å². The van der Waals surface area contributed by atoms with Crippen molar-refractivity contribution in [1.29, 1.82) is 0 Å². The van der Waals surface area contributed by atoms with Crippen LogP contribution in [0, 0.1) is 25.7 Å². The summed E-state index contributed by atoms with van der Waals surface area (Å²) in [6, 6.07) is 9.04. The molecular weight excluding hydrogens is 264 g/mol. The van der Waals surface area contributed by atoms with Gasteiger partial charge in [0.1, 0.15) is 12.4 Å². The summed E-state index contributed by atoms with van der Waals surface area (Å²) in [7, 11) is 0. The maximum absolute atomic E-state index is 12.4. The lowest BCUT2D eigenvalue weighted by molar-refractivity contribution is 0.102. The average molecular weight is 280 g/mol. The number of benzene rings is 1. The number of pyridine rings is 1. The van der Waals surface area contributed by atoms with Crippen LogP contribution in [0.2, 0.25) is 0 Å². The molecule has 0 aliphatic carbocycles. The van der Waals surface area contributed by atoms with Gasteiger partial charge in [-0.1, -0.05) is 24.0 Å². The maximum atomic E-state index is 12.4. The van der Waals surface area contributed by atoms with E-state index < -0.39 is 0 Å². The predicted molar refractivity (Wildman–Crippen MR) is 82.1 cm³/mol. The first kappa shape index (κ1) is 14.8. The Bertz CT molecular complexity index is 727. The van der Waals surface area contributed by atoms with Crippen LogP contribution in [0.5, 0.6) is 0 Å². The van der Waals surface area contributed by atoms with Crippen LogP contribution in [-0.2, 0) is 0 Å². The summed E-state index contributed by atoms with van der Waals surface area (Å²) in [6.07, 6.45) is 1.64. The molecule has 0 bridgehead atoms. The average Bonchev–Trinajstić information content (AvgIpc) is 2.48. The molecule has 4 heteroatoms. The summed E-state index contributed by atoms with van der Waals surface area (Å²) >= 11 is 0. The highest BCUT2D eigenvalue weighted by atomic mass is 16.2. The molecular formula is C17H16N2O2. The van der Waals surface area contributed by atoms with Crippen LogP contribution >= 0.6 is 0 Å². The van der Waals surface area contributed by atoms with Gasteiger partial charge in [0.05, 0.1) is 0 Å². The Morgan fingerprint density at radius 3 is 2.81 bits per heavy atom. The van der Waals surface area contributed by atoms with Crippen LogP contribution < -0.4 is 5.32 Å². The first-order valence-corrected chi connectivity index (χ1v) is 6.56. The highest BCUT2D eigenvalue weighted by Gasteiger charge is 2.12. The van der Waals surface area contributed by atoms with Gasteiger partial charge in [0, 0.05) is 17.3 Å².